The molecule has 0 heterocycles. The molecule has 0 saturated carbocycles. The van der Waals surface area contributed by atoms with Crippen LogP contribution in [0.5, 0.6) is 5.75 Å². The van der Waals surface area contributed by atoms with E-state index in [0.29, 0.717) is 17.9 Å². The average molecular weight is 393 g/mol. The minimum absolute atomic E-state index is 0.522. The molecular weight excluding hydrogens is 375 g/mol. The number of benzene rings is 2. The van der Waals surface area contributed by atoms with Crippen LogP contribution in [-0.4, -0.2) is 31.2 Å². The summed E-state index contributed by atoms with van der Waals surface area (Å²) in [6, 6.07) is 11.3. The molecule has 0 radical (unpaired) electrons. The van der Waals surface area contributed by atoms with Crippen molar-refractivity contribution >= 4 is 18.0 Å². The average Bonchev–Trinajstić information content (AvgIpc) is 2.67. The number of hydrogen-bond acceptors (Lipinski definition) is 4. The molecule has 0 aliphatic carbocycles. The van der Waals surface area contributed by atoms with Gasteiger partial charge in [0.15, 0.2) is 0 Å². The zero-order valence-electron chi connectivity index (χ0n) is 14.9. The Morgan fingerprint density at radius 2 is 1.79 bits per heavy atom. The number of ether oxygens (including phenoxy) is 1. The van der Waals surface area contributed by atoms with Gasteiger partial charge in [0.1, 0.15) is 5.75 Å². The molecule has 2 aromatic carbocycles. The molecule has 9 heteroatoms. The number of halogens is 3. The summed E-state index contributed by atoms with van der Waals surface area (Å²) < 4.78 is 44.0. The van der Waals surface area contributed by atoms with Crippen molar-refractivity contribution in [3.05, 3.63) is 65.2 Å². The number of alkyl halides is 3. The zero-order valence-corrected chi connectivity index (χ0v) is 14.9. The van der Waals surface area contributed by atoms with Crippen molar-refractivity contribution in [2.75, 3.05) is 13.2 Å². The molecule has 2 aromatic rings. The lowest BCUT2D eigenvalue weighted by Crippen LogP contribution is -2.35. The van der Waals surface area contributed by atoms with Crippen LogP contribution < -0.4 is 15.5 Å². The third-order valence-electron chi connectivity index (χ3n) is 3.48. The Labute approximate surface area is 159 Å². The first-order valence-electron chi connectivity index (χ1n) is 8.30. The quantitative estimate of drug-likeness (QED) is 0.561. The van der Waals surface area contributed by atoms with Crippen LogP contribution in [0.4, 0.5) is 13.2 Å². The fourth-order valence-corrected chi connectivity index (χ4v) is 2.22. The lowest BCUT2D eigenvalue weighted by molar-refractivity contribution is -0.137. The van der Waals surface area contributed by atoms with Gasteiger partial charge in [0, 0.05) is 0 Å². The fraction of sp³-hybridized carbons (Fsp3) is 0.211. The second-order valence-electron chi connectivity index (χ2n) is 5.52. The molecule has 0 aliphatic heterocycles. The Kier molecular flexibility index (Phi) is 7.14. The summed E-state index contributed by atoms with van der Waals surface area (Å²) in [4.78, 5) is 23.7. The number of hydrogen-bond donors (Lipinski definition) is 2. The lowest BCUT2D eigenvalue weighted by Gasteiger charge is -2.12. The number of carbonyl (C=O) groups excluding carboxylic acids is 2. The first-order valence-corrected chi connectivity index (χ1v) is 8.30. The van der Waals surface area contributed by atoms with Gasteiger partial charge in [0.2, 0.25) is 0 Å². The molecule has 2 N–H and O–H groups in total. The van der Waals surface area contributed by atoms with Gasteiger partial charge in [0.25, 0.3) is 11.8 Å². The second kappa shape index (κ2) is 9.54. The van der Waals surface area contributed by atoms with E-state index in [9.17, 15) is 22.8 Å². The highest BCUT2D eigenvalue weighted by atomic mass is 19.4. The van der Waals surface area contributed by atoms with Crippen molar-refractivity contribution in [2.45, 2.75) is 13.1 Å². The van der Waals surface area contributed by atoms with E-state index >= 15 is 0 Å². The van der Waals surface area contributed by atoms with Crippen LogP contribution in [0, 0.1) is 0 Å². The van der Waals surface area contributed by atoms with Crippen LogP contribution in [0.1, 0.15) is 28.4 Å². The summed E-state index contributed by atoms with van der Waals surface area (Å²) in [7, 11) is 0. The van der Waals surface area contributed by atoms with Crippen LogP contribution >= 0.6 is 0 Å². The van der Waals surface area contributed by atoms with Crippen LogP contribution in [0.25, 0.3) is 0 Å². The largest absolute Gasteiger partial charge is 0.494 e. The van der Waals surface area contributed by atoms with E-state index in [2.05, 4.69) is 15.8 Å². The second-order valence-corrected chi connectivity index (χ2v) is 5.52. The highest BCUT2D eigenvalue weighted by Gasteiger charge is 2.34. The molecule has 2 rings (SSSR count). The number of rotatable bonds is 7. The van der Waals surface area contributed by atoms with E-state index in [0.717, 1.165) is 12.1 Å². The molecule has 0 atom stereocenters. The molecule has 28 heavy (non-hydrogen) atoms. The van der Waals surface area contributed by atoms with Crippen molar-refractivity contribution in [3.63, 3.8) is 0 Å². The van der Waals surface area contributed by atoms with E-state index in [1.165, 1.54) is 18.3 Å². The topological polar surface area (TPSA) is 79.8 Å². The summed E-state index contributed by atoms with van der Waals surface area (Å²) in [5.41, 5.74) is 1.26. The highest BCUT2D eigenvalue weighted by molar-refractivity contribution is 5.98. The first kappa shape index (κ1) is 20.9. The van der Waals surface area contributed by atoms with Crippen molar-refractivity contribution in [3.8, 4) is 5.75 Å². The van der Waals surface area contributed by atoms with E-state index in [1.54, 1.807) is 24.3 Å². The van der Waals surface area contributed by atoms with Crippen molar-refractivity contribution in [1.29, 1.82) is 0 Å². The number of nitrogens with one attached hydrogen (secondary N) is 2. The zero-order chi connectivity index (χ0) is 20.6. The number of nitrogens with zero attached hydrogens (tertiary/aromatic N) is 1. The summed E-state index contributed by atoms with van der Waals surface area (Å²) in [6.07, 6.45) is -3.29. The number of carbonyl (C=O) groups is 2. The van der Waals surface area contributed by atoms with Crippen LogP contribution in [0.15, 0.2) is 53.6 Å². The summed E-state index contributed by atoms with van der Waals surface area (Å²) in [6.45, 7) is 1.89. The van der Waals surface area contributed by atoms with Crippen molar-refractivity contribution < 1.29 is 27.5 Å². The maximum Gasteiger partial charge on any atom is 0.417 e. The number of amides is 2. The maximum absolute atomic E-state index is 12.9. The van der Waals surface area contributed by atoms with Gasteiger partial charge in [-0.15, -0.1) is 0 Å². The monoisotopic (exact) mass is 393 g/mol. The minimum Gasteiger partial charge on any atom is -0.494 e. The fourth-order valence-electron chi connectivity index (χ4n) is 2.22. The van der Waals surface area contributed by atoms with E-state index in [4.69, 9.17) is 4.74 Å². The summed E-state index contributed by atoms with van der Waals surface area (Å²) in [5.74, 6) is -0.982. The Bertz CT molecular complexity index is 849. The molecule has 0 aliphatic rings. The van der Waals surface area contributed by atoms with Gasteiger partial charge in [0.05, 0.1) is 30.5 Å². The first-order chi connectivity index (χ1) is 13.3. The molecule has 0 saturated heterocycles. The molecule has 0 fully saturated rings. The van der Waals surface area contributed by atoms with Crippen LogP contribution in [0.3, 0.4) is 0 Å². The SMILES string of the molecule is CCOc1ccc(/C=N\NC(=O)CNC(=O)c2ccccc2C(F)(F)F)cc1. The van der Waals surface area contributed by atoms with E-state index in [1.807, 2.05) is 6.92 Å². The molecule has 148 valence electrons. The Balaban J connectivity index is 1.86. The smallest absolute Gasteiger partial charge is 0.417 e. The van der Waals surface area contributed by atoms with Gasteiger partial charge in [-0.1, -0.05) is 12.1 Å². The Hall–Kier alpha value is -3.36. The van der Waals surface area contributed by atoms with Crippen LogP contribution in [0.2, 0.25) is 0 Å². The standard InChI is InChI=1S/C19H18F3N3O3/c1-2-28-14-9-7-13(8-10-14)11-24-25-17(26)12-23-18(27)15-5-3-4-6-16(15)19(20,21)22/h3-11H,2,12H2,1H3,(H,23,27)(H,25,26)/b24-11-. The van der Waals surface area contributed by atoms with Gasteiger partial charge >= 0.3 is 6.18 Å². The summed E-state index contributed by atoms with van der Waals surface area (Å²) in [5, 5.41) is 5.87. The van der Waals surface area contributed by atoms with Gasteiger partial charge in [-0.05, 0) is 48.9 Å². The molecule has 6 nitrogen and oxygen atoms in total. The molecule has 0 bridgehead atoms. The lowest BCUT2D eigenvalue weighted by atomic mass is 10.1. The third-order valence-corrected chi connectivity index (χ3v) is 3.48. The molecular formula is C19H18F3N3O3. The predicted molar refractivity (Wildman–Crippen MR) is 97.1 cm³/mol. The van der Waals surface area contributed by atoms with Gasteiger partial charge in [-0.2, -0.15) is 18.3 Å². The normalized spacial score (nSPS) is 11.3. The predicted octanol–water partition coefficient (Wildman–Crippen LogP) is 2.98. The van der Waals surface area contributed by atoms with E-state index < -0.39 is 35.7 Å². The van der Waals surface area contributed by atoms with Crippen molar-refractivity contribution in [2.24, 2.45) is 5.10 Å². The summed E-state index contributed by atoms with van der Waals surface area (Å²) >= 11 is 0. The molecule has 0 aromatic heterocycles. The number of hydrazone groups is 1. The van der Waals surface area contributed by atoms with E-state index in [-0.39, 0.29) is 0 Å². The molecule has 0 unspecified atom stereocenters. The minimum atomic E-state index is -4.67. The van der Waals surface area contributed by atoms with Gasteiger partial charge < -0.3 is 10.1 Å². The molecule has 2 amide bonds. The van der Waals surface area contributed by atoms with Crippen LogP contribution in [-0.2, 0) is 11.0 Å². The van der Waals surface area contributed by atoms with Gasteiger partial charge in [-0.3, -0.25) is 9.59 Å². The van der Waals surface area contributed by atoms with Gasteiger partial charge in [-0.25, -0.2) is 5.43 Å². The Morgan fingerprint density at radius 3 is 2.43 bits per heavy atom. The Morgan fingerprint density at radius 1 is 1.11 bits per heavy atom. The molecule has 0 spiro atoms. The highest BCUT2D eigenvalue weighted by Crippen LogP contribution is 2.31. The maximum atomic E-state index is 12.9. The third kappa shape index (κ3) is 6.11. The van der Waals surface area contributed by atoms with Crippen molar-refractivity contribution in [1.82, 2.24) is 10.7 Å².